The second-order valence-electron chi connectivity index (χ2n) is 4.60. The average Bonchev–Trinajstić information content (AvgIpc) is 2.70. The van der Waals surface area contributed by atoms with E-state index < -0.39 is 0 Å². The Labute approximate surface area is 113 Å². The van der Waals surface area contributed by atoms with Crippen molar-refractivity contribution in [2.45, 2.75) is 45.6 Å². The minimum atomic E-state index is -0.373. The molecular formula is C12H23N5O2. The zero-order valence-corrected chi connectivity index (χ0v) is 11.8. The van der Waals surface area contributed by atoms with E-state index in [1.165, 1.54) is 4.68 Å². The monoisotopic (exact) mass is 269 g/mol. The summed E-state index contributed by atoms with van der Waals surface area (Å²) in [5.74, 6) is 0.452. The number of anilines is 1. The van der Waals surface area contributed by atoms with E-state index in [2.05, 4.69) is 17.3 Å². The minimum Gasteiger partial charge on any atom is -0.361 e. The molecule has 3 N–H and O–H groups in total. The molecule has 1 aromatic rings. The maximum atomic E-state index is 11.2. The number of rotatable bonds is 8. The Balaban J connectivity index is 2.98. The summed E-state index contributed by atoms with van der Waals surface area (Å²) in [6.45, 7) is 4.41. The molecule has 0 aliphatic carbocycles. The first kappa shape index (κ1) is 15.4. The van der Waals surface area contributed by atoms with Gasteiger partial charge in [0.2, 0.25) is 5.82 Å². The topological polar surface area (TPSA) is 99.0 Å². The molecule has 0 saturated heterocycles. The van der Waals surface area contributed by atoms with Crippen molar-refractivity contribution in [2.75, 3.05) is 11.9 Å². The van der Waals surface area contributed by atoms with Crippen molar-refractivity contribution in [3.63, 3.8) is 0 Å². The summed E-state index contributed by atoms with van der Waals surface area (Å²) in [5.41, 5.74) is 6.29. The first-order chi connectivity index (χ1) is 9.04. The largest absolute Gasteiger partial charge is 0.361 e. The van der Waals surface area contributed by atoms with Gasteiger partial charge in [0.05, 0.1) is 4.92 Å². The molecule has 19 heavy (non-hydrogen) atoms. The number of aryl methyl sites for hydroxylation is 2. The van der Waals surface area contributed by atoms with Gasteiger partial charge in [-0.25, -0.2) is 4.68 Å². The molecule has 0 fully saturated rings. The Bertz CT molecular complexity index is 430. The van der Waals surface area contributed by atoms with Gasteiger partial charge in [-0.3, -0.25) is 10.1 Å². The average molecular weight is 269 g/mol. The van der Waals surface area contributed by atoms with Crippen molar-refractivity contribution in [2.24, 2.45) is 12.8 Å². The van der Waals surface area contributed by atoms with Crippen molar-refractivity contribution < 1.29 is 4.92 Å². The highest BCUT2D eigenvalue weighted by Gasteiger charge is 2.26. The number of aromatic nitrogens is 2. The maximum Gasteiger partial charge on any atom is 0.333 e. The van der Waals surface area contributed by atoms with Gasteiger partial charge < -0.3 is 11.1 Å². The number of unbranched alkanes of at least 4 members (excludes halogenated alkanes) is 1. The second kappa shape index (κ2) is 7.08. The van der Waals surface area contributed by atoms with Crippen molar-refractivity contribution >= 4 is 11.5 Å². The van der Waals surface area contributed by atoms with Crippen LogP contribution in [0.25, 0.3) is 0 Å². The number of nitrogens with two attached hydrogens (primary N) is 1. The molecule has 0 bridgehead atoms. The van der Waals surface area contributed by atoms with Crippen LogP contribution in [-0.2, 0) is 13.5 Å². The van der Waals surface area contributed by atoms with Gasteiger partial charge in [0.15, 0.2) is 0 Å². The van der Waals surface area contributed by atoms with Crippen molar-refractivity contribution in [3.05, 3.63) is 15.8 Å². The van der Waals surface area contributed by atoms with Crippen LogP contribution < -0.4 is 11.1 Å². The molecule has 0 aliphatic heterocycles. The van der Waals surface area contributed by atoms with Gasteiger partial charge in [0.1, 0.15) is 5.69 Å². The maximum absolute atomic E-state index is 11.2. The van der Waals surface area contributed by atoms with Gasteiger partial charge in [0, 0.05) is 19.6 Å². The Kier molecular flexibility index (Phi) is 5.75. The molecule has 108 valence electrons. The van der Waals surface area contributed by atoms with Crippen molar-refractivity contribution in [1.82, 2.24) is 9.78 Å². The molecule has 7 heteroatoms. The van der Waals surface area contributed by atoms with Crippen LogP contribution in [0.5, 0.6) is 0 Å². The molecule has 1 atom stereocenters. The van der Waals surface area contributed by atoms with E-state index in [1.54, 1.807) is 7.05 Å². The van der Waals surface area contributed by atoms with E-state index in [0.29, 0.717) is 24.5 Å². The molecule has 7 nitrogen and oxygen atoms in total. The smallest absolute Gasteiger partial charge is 0.333 e. The van der Waals surface area contributed by atoms with Crippen LogP contribution in [0.4, 0.5) is 11.5 Å². The number of nitro groups is 1. The van der Waals surface area contributed by atoms with Gasteiger partial charge in [-0.05, 0) is 12.8 Å². The number of hydrogen-bond acceptors (Lipinski definition) is 5. The lowest BCUT2D eigenvalue weighted by Crippen LogP contribution is -2.30. The fraction of sp³-hybridized carbons (Fsp3) is 0.750. The molecule has 0 saturated carbocycles. The second-order valence-corrected chi connectivity index (χ2v) is 4.60. The molecule has 1 heterocycles. The molecule has 1 rings (SSSR count). The Morgan fingerprint density at radius 1 is 1.53 bits per heavy atom. The Hall–Kier alpha value is -1.63. The molecule has 0 aromatic carbocycles. The van der Waals surface area contributed by atoms with Crippen LogP contribution in [0.2, 0.25) is 0 Å². The van der Waals surface area contributed by atoms with Crippen LogP contribution in [0.15, 0.2) is 0 Å². The molecule has 0 amide bonds. The van der Waals surface area contributed by atoms with Crippen LogP contribution >= 0.6 is 0 Å². The summed E-state index contributed by atoms with van der Waals surface area (Å²) in [7, 11) is 1.71. The molecule has 0 aliphatic rings. The molecule has 0 spiro atoms. The van der Waals surface area contributed by atoms with Crippen LogP contribution in [0, 0.1) is 10.1 Å². The SMILES string of the molecule is CCCCC(CN)Nc1c([N+](=O)[O-])c(CC)nn1C. The quantitative estimate of drug-likeness (QED) is 0.554. The molecule has 1 aromatic heterocycles. The molecule has 1 unspecified atom stereocenters. The molecule has 0 radical (unpaired) electrons. The van der Waals surface area contributed by atoms with E-state index in [4.69, 9.17) is 5.73 Å². The van der Waals surface area contributed by atoms with E-state index in [1.807, 2.05) is 6.92 Å². The summed E-state index contributed by atoms with van der Waals surface area (Å²) >= 11 is 0. The normalized spacial score (nSPS) is 12.4. The van der Waals surface area contributed by atoms with E-state index in [-0.39, 0.29) is 16.7 Å². The zero-order valence-electron chi connectivity index (χ0n) is 11.8. The minimum absolute atomic E-state index is 0.0405. The van der Waals surface area contributed by atoms with Crippen molar-refractivity contribution in [3.8, 4) is 0 Å². The first-order valence-electron chi connectivity index (χ1n) is 6.71. The predicted octanol–water partition coefficient (Wildman–Crippen LogP) is 1.82. The third-order valence-electron chi connectivity index (χ3n) is 3.14. The van der Waals surface area contributed by atoms with Crippen LogP contribution in [0.3, 0.4) is 0 Å². The van der Waals surface area contributed by atoms with Gasteiger partial charge >= 0.3 is 5.69 Å². The van der Waals surface area contributed by atoms with Gasteiger partial charge in [-0.1, -0.05) is 26.7 Å². The first-order valence-corrected chi connectivity index (χ1v) is 6.71. The van der Waals surface area contributed by atoms with Crippen molar-refractivity contribution in [1.29, 1.82) is 0 Å². The summed E-state index contributed by atoms with van der Waals surface area (Å²) < 4.78 is 1.53. The Morgan fingerprint density at radius 2 is 2.21 bits per heavy atom. The fourth-order valence-corrected chi connectivity index (χ4v) is 2.05. The van der Waals surface area contributed by atoms with Crippen LogP contribution in [0.1, 0.15) is 38.8 Å². The predicted molar refractivity (Wildman–Crippen MR) is 75.2 cm³/mol. The lowest BCUT2D eigenvalue weighted by atomic mass is 10.1. The van der Waals surface area contributed by atoms with Crippen LogP contribution in [-0.4, -0.2) is 27.3 Å². The Morgan fingerprint density at radius 3 is 2.68 bits per heavy atom. The standard InChI is InChI=1S/C12H23N5O2/c1-4-6-7-9(8-13)14-12-11(17(18)19)10(5-2)15-16(12)3/h9,14H,4-8,13H2,1-3H3. The summed E-state index contributed by atoms with van der Waals surface area (Å²) in [5, 5.41) is 18.5. The van der Waals surface area contributed by atoms with E-state index in [9.17, 15) is 10.1 Å². The van der Waals surface area contributed by atoms with Gasteiger partial charge in [-0.2, -0.15) is 5.10 Å². The van der Waals surface area contributed by atoms with Gasteiger partial charge in [0.25, 0.3) is 0 Å². The highest BCUT2D eigenvalue weighted by molar-refractivity contribution is 5.60. The number of hydrogen-bond donors (Lipinski definition) is 2. The lowest BCUT2D eigenvalue weighted by Gasteiger charge is -2.17. The number of nitrogens with one attached hydrogen (secondary N) is 1. The molecular weight excluding hydrogens is 246 g/mol. The third-order valence-corrected chi connectivity index (χ3v) is 3.14. The highest BCUT2D eigenvalue weighted by atomic mass is 16.6. The zero-order chi connectivity index (χ0) is 14.4. The highest BCUT2D eigenvalue weighted by Crippen LogP contribution is 2.29. The summed E-state index contributed by atoms with van der Waals surface area (Å²) in [6.07, 6.45) is 3.55. The third kappa shape index (κ3) is 3.66. The van der Waals surface area contributed by atoms with E-state index in [0.717, 1.165) is 19.3 Å². The fourth-order valence-electron chi connectivity index (χ4n) is 2.05. The lowest BCUT2D eigenvalue weighted by molar-refractivity contribution is -0.384. The number of nitrogens with zero attached hydrogens (tertiary/aromatic N) is 3. The summed E-state index contributed by atoms with van der Waals surface area (Å²) in [4.78, 5) is 10.8. The van der Waals surface area contributed by atoms with E-state index >= 15 is 0 Å². The van der Waals surface area contributed by atoms with Gasteiger partial charge in [-0.15, -0.1) is 0 Å². The summed E-state index contributed by atoms with van der Waals surface area (Å²) in [6, 6.07) is 0.0405.